The molecule has 2 aromatic carbocycles. The van der Waals surface area contributed by atoms with Crippen molar-refractivity contribution in [2.45, 2.75) is 42.0 Å². The van der Waals surface area contributed by atoms with E-state index in [1.165, 1.54) is 40.7 Å². The molecule has 0 spiro atoms. The van der Waals surface area contributed by atoms with Gasteiger partial charge in [0.05, 0.1) is 9.79 Å². The fraction of sp³-hybridized carbons (Fsp3) is 0.333. The van der Waals surface area contributed by atoms with Gasteiger partial charge in [0.15, 0.2) is 0 Å². The molecule has 1 saturated heterocycles. The summed E-state index contributed by atoms with van der Waals surface area (Å²) in [5.41, 5.74) is 0.309. The Kier molecular flexibility index (Phi) is 5.95. The predicted octanol–water partition coefficient (Wildman–Crippen LogP) is 3.81. The first-order valence-corrected chi connectivity index (χ1v) is 12.3. The summed E-state index contributed by atoms with van der Waals surface area (Å²) in [7, 11) is -7.32. The molecule has 27 heavy (non-hydrogen) atoms. The smallest absolute Gasteiger partial charge is 0.261 e. The summed E-state index contributed by atoms with van der Waals surface area (Å²) in [5, 5.41) is 0. The number of sulfonamides is 2. The summed E-state index contributed by atoms with van der Waals surface area (Å²) in [6, 6.07) is 12.1. The van der Waals surface area contributed by atoms with Gasteiger partial charge in [-0.3, -0.25) is 4.72 Å². The third kappa shape index (κ3) is 4.53. The van der Waals surface area contributed by atoms with Crippen LogP contribution >= 0.6 is 15.9 Å². The van der Waals surface area contributed by atoms with Crippen LogP contribution in [0.2, 0.25) is 0 Å². The average molecular weight is 473 g/mol. The second kappa shape index (κ2) is 7.90. The van der Waals surface area contributed by atoms with Crippen LogP contribution in [0.15, 0.2) is 62.8 Å². The highest BCUT2D eigenvalue weighted by molar-refractivity contribution is 9.10. The largest absolute Gasteiger partial charge is 0.280 e. The second-order valence-electron chi connectivity index (χ2n) is 6.54. The van der Waals surface area contributed by atoms with Crippen molar-refractivity contribution in [2.24, 2.45) is 0 Å². The van der Waals surface area contributed by atoms with Gasteiger partial charge in [0.1, 0.15) is 0 Å². The second-order valence-corrected chi connectivity index (χ2v) is 11.0. The fourth-order valence-electron chi connectivity index (χ4n) is 3.09. The summed E-state index contributed by atoms with van der Waals surface area (Å²) in [4.78, 5) is 0.298. The molecule has 9 heteroatoms. The molecule has 0 aliphatic carbocycles. The van der Waals surface area contributed by atoms with E-state index < -0.39 is 20.0 Å². The monoisotopic (exact) mass is 472 g/mol. The van der Waals surface area contributed by atoms with E-state index in [0.717, 1.165) is 23.7 Å². The molecule has 146 valence electrons. The standard InChI is InChI=1S/C18H21BrN2O4S2/c1-14-4-2-3-13-21(14)27(24,25)18-11-7-16(8-12-18)20-26(22,23)17-9-5-15(19)6-10-17/h5-12,14,20H,2-4,13H2,1H3. The topological polar surface area (TPSA) is 83.6 Å². The Morgan fingerprint density at radius 2 is 1.52 bits per heavy atom. The SMILES string of the molecule is CC1CCCCN1S(=O)(=O)c1ccc(NS(=O)(=O)c2ccc(Br)cc2)cc1. The first kappa shape index (κ1) is 20.3. The van der Waals surface area contributed by atoms with Crippen LogP contribution in [0.25, 0.3) is 0 Å². The third-order valence-electron chi connectivity index (χ3n) is 4.58. The van der Waals surface area contributed by atoms with Crippen molar-refractivity contribution >= 4 is 41.7 Å². The van der Waals surface area contributed by atoms with Crippen molar-refractivity contribution in [3.8, 4) is 0 Å². The van der Waals surface area contributed by atoms with Gasteiger partial charge < -0.3 is 0 Å². The highest BCUT2D eigenvalue weighted by Gasteiger charge is 2.30. The van der Waals surface area contributed by atoms with Crippen LogP contribution < -0.4 is 4.72 Å². The Morgan fingerprint density at radius 3 is 2.11 bits per heavy atom. The highest BCUT2D eigenvalue weighted by Crippen LogP contribution is 2.26. The summed E-state index contributed by atoms with van der Waals surface area (Å²) in [5.74, 6) is 0. The number of halogens is 1. The Morgan fingerprint density at radius 1 is 0.926 bits per heavy atom. The average Bonchev–Trinajstić information content (AvgIpc) is 2.62. The lowest BCUT2D eigenvalue weighted by Gasteiger charge is -2.32. The zero-order chi connectivity index (χ0) is 19.7. The Balaban J connectivity index is 1.80. The lowest BCUT2D eigenvalue weighted by Crippen LogP contribution is -2.41. The molecule has 1 heterocycles. The summed E-state index contributed by atoms with van der Waals surface area (Å²) in [6.45, 7) is 2.43. The van der Waals surface area contributed by atoms with Crippen molar-refractivity contribution in [3.05, 3.63) is 53.0 Å². The number of nitrogens with zero attached hydrogens (tertiary/aromatic N) is 1. The van der Waals surface area contributed by atoms with E-state index in [2.05, 4.69) is 20.7 Å². The number of piperidine rings is 1. The minimum atomic E-state index is -3.74. The molecule has 0 aromatic heterocycles. The number of benzene rings is 2. The van der Waals surface area contributed by atoms with Gasteiger partial charge in [0.2, 0.25) is 10.0 Å². The van der Waals surface area contributed by atoms with E-state index in [1.54, 1.807) is 12.1 Å². The lowest BCUT2D eigenvalue weighted by atomic mass is 10.1. The molecule has 6 nitrogen and oxygen atoms in total. The molecule has 0 bridgehead atoms. The van der Waals surface area contributed by atoms with Crippen molar-refractivity contribution < 1.29 is 16.8 Å². The Hall–Kier alpha value is -1.42. The molecule has 0 amide bonds. The molecule has 1 fully saturated rings. The number of hydrogen-bond donors (Lipinski definition) is 1. The molecule has 0 radical (unpaired) electrons. The van der Waals surface area contributed by atoms with Crippen LogP contribution in [-0.4, -0.2) is 33.7 Å². The first-order valence-electron chi connectivity index (χ1n) is 8.60. The highest BCUT2D eigenvalue weighted by atomic mass is 79.9. The molecular formula is C18H21BrN2O4S2. The minimum Gasteiger partial charge on any atom is -0.280 e. The molecule has 1 N–H and O–H groups in total. The van der Waals surface area contributed by atoms with Gasteiger partial charge in [0, 0.05) is 22.7 Å². The van der Waals surface area contributed by atoms with E-state index in [4.69, 9.17) is 0 Å². The van der Waals surface area contributed by atoms with E-state index in [-0.39, 0.29) is 15.8 Å². The maximum Gasteiger partial charge on any atom is 0.261 e. The summed E-state index contributed by atoms with van der Waals surface area (Å²) in [6.07, 6.45) is 2.74. The van der Waals surface area contributed by atoms with Crippen molar-refractivity contribution in [3.63, 3.8) is 0 Å². The predicted molar refractivity (Wildman–Crippen MR) is 109 cm³/mol. The molecule has 1 aliphatic rings. The van der Waals surface area contributed by atoms with Crippen molar-refractivity contribution in [1.82, 2.24) is 4.31 Å². The third-order valence-corrected chi connectivity index (χ3v) is 8.53. The molecule has 2 aromatic rings. The number of anilines is 1. The van der Waals surface area contributed by atoms with E-state index in [9.17, 15) is 16.8 Å². The van der Waals surface area contributed by atoms with Gasteiger partial charge in [-0.15, -0.1) is 0 Å². The van der Waals surface area contributed by atoms with Gasteiger partial charge in [-0.2, -0.15) is 4.31 Å². The minimum absolute atomic E-state index is 0.0284. The normalized spacial score (nSPS) is 19.0. The maximum absolute atomic E-state index is 12.8. The number of rotatable bonds is 5. The zero-order valence-corrected chi connectivity index (χ0v) is 18.0. The van der Waals surface area contributed by atoms with E-state index in [1.807, 2.05) is 6.92 Å². The molecule has 1 unspecified atom stereocenters. The van der Waals surface area contributed by atoms with Gasteiger partial charge in [0.25, 0.3) is 10.0 Å². The number of hydrogen-bond acceptors (Lipinski definition) is 4. The van der Waals surface area contributed by atoms with Crippen LogP contribution in [0.3, 0.4) is 0 Å². The Labute approximate surface area is 168 Å². The van der Waals surface area contributed by atoms with Gasteiger partial charge in [-0.1, -0.05) is 22.4 Å². The zero-order valence-electron chi connectivity index (χ0n) is 14.8. The summed E-state index contributed by atoms with van der Waals surface area (Å²) < 4.78 is 55.3. The molecule has 0 saturated carbocycles. The van der Waals surface area contributed by atoms with Gasteiger partial charge in [-0.25, -0.2) is 16.8 Å². The molecule has 1 aliphatic heterocycles. The van der Waals surface area contributed by atoms with Crippen LogP contribution in [0.1, 0.15) is 26.2 Å². The van der Waals surface area contributed by atoms with E-state index in [0.29, 0.717) is 12.2 Å². The lowest BCUT2D eigenvalue weighted by molar-refractivity contribution is 0.268. The van der Waals surface area contributed by atoms with Crippen LogP contribution in [0.4, 0.5) is 5.69 Å². The van der Waals surface area contributed by atoms with Crippen molar-refractivity contribution in [2.75, 3.05) is 11.3 Å². The molecule has 1 atom stereocenters. The quantitative estimate of drug-likeness (QED) is 0.716. The number of nitrogens with one attached hydrogen (secondary N) is 1. The Bertz CT molecular complexity index is 1000. The van der Waals surface area contributed by atoms with Crippen LogP contribution in [-0.2, 0) is 20.0 Å². The fourth-order valence-corrected chi connectivity index (χ4v) is 6.11. The van der Waals surface area contributed by atoms with Crippen molar-refractivity contribution in [1.29, 1.82) is 0 Å². The molecule has 3 rings (SSSR count). The van der Waals surface area contributed by atoms with Crippen LogP contribution in [0, 0.1) is 0 Å². The molecular weight excluding hydrogens is 452 g/mol. The first-order chi connectivity index (χ1) is 12.7. The van der Waals surface area contributed by atoms with Gasteiger partial charge in [-0.05, 0) is 68.3 Å². The summed E-state index contributed by atoms with van der Waals surface area (Å²) >= 11 is 3.27. The van der Waals surface area contributed by atoms with Gasteiger partial charge >= 0.3 is 0 Å². The maximum atomic E-state index is 12.8. The van der Waals surface area contributed by atoms with E-state index >= 15 is 0 Å². The van der Waals surface area contributed by atoms with Crippen LogP contribution in [0.5, 0.6) is 0 Å².